The fraction of sp³-hybridized carbons (Fsp3) is 0.615. The van der Waals surface area contributed by atoms with Crippen LogP contribution in [0.5, 0.6) is 0 Å². The van der Waals surface area contributed by atoms with E-state index in [1.807, 2.05) is 18.5 Å². The van der Waals surface area contributed by atoms with E-state index in [1.54, 1.807) is 0 Å². The van der Waals surface area contributed by atoms with Gasteiger partial charge >= 0.3 is 0 Å². The molecule has 0 saturated carbocycles. The lowest BCUT2D eigenvalue weighted by Crippen LogP contribution is -3.00. The van der Waals surface area contributed by atoms with Crippen molar-refractivity contribution in [3.8, 4) is 0 Å². The van der Waals surface area contributed by atoms with Crippen molar-refractivity contribution < 1.29 is 17.0 Å². The molecule has 2 heterocycles. The standard InChI is InChI=1S/C26H41N2.ClH/c1-2-3-4-5-6-7-8-9-10-11-12-13-21-28-22-15-17-26(24-28)19-18-25-16-14-20-27-23-25;/h14-17,20,22-24H,2-13,18-19,21H2,1H3;1H/q+1;/p-1. The van der Waals surface area contributed by atoms with Crippen LogP contribution < -0.4 is 17.0 Å². The van der Waals surface area contributed by atoms with Gasteiger partial charge in [-0.3, -0.25) is 4.98 Å². The van der Waals surface area contributed by atoms with Crippen molar-refractivity contribution in [2.45, 2.75) is 103 Å². The number of aromatic nitrogens is 2. The van der Waals surface area contributed by atoms with E-state index >= 15 is 0 Å². The molecule has 0 amide bonds. The zero-order chi connectivity index (χ0) is 19.7. The Labute approximate surface area is 185 Å². The Morgan fingerprint density at radius 3 is 1.93 bits per heavy atom. The van der Waals surface area contributed by atoms with E-state index in [0.29, 0.717) is 0 Å². The monoisotopic (exact) mass is 416 g/mol. The second-order valence-corrected chi connectivity index (χ2v) is 8.20. The summed E-state index contributed by atoms with van der Waals surface area (Å²) in [4.78, 5) is 4.21. The number of hydrogen-bond acceptors (Lipinski definition) is 1. The molecular formula is C26H41ClN2. The van der Waals surface area contributed by atoms with Crippen molar-refractivity contribution in [1.82, 2.24) is 4.98 Å². The van der Waals surface area contributed by atoms with Gasteiger partial charge in [0.2, 0.25) is 0 Å². The molecule has 0 radical (unpaired) electrons. The first kappa shape index (κ1) is 25.6. The number of rotatable bonds is 16. The summed E-state index contributed by atoms with van der Waals surface area (Å²) in [6, 6.07) is 8.62. The molecular weight excluding hydrogens is 376 g/mol. The van der Waals surface area contributed by atoms with E-state index < -0.39 is 0 Å². The number of unbranched alkanes of at least 4 members (excludes halogenated alkanes) is 11. The lowest BCUT2D eigenvalue weighted by Gasteiger charge is -2.03. The maximum atomic E-state index is 4.21. The molecule has 162 valence electrons. The van der Waals surface area contributed by atoms with Gasteiger partial charge in [-0.25, -0.2) is 4.57 Å². The Hall–Kier alpha value is -1.41. The first-order chi connectivity index (χ1) is 13.9. The summed E-state index contributed by atoms with van der Waals surface area (Å²) in [6.07, 6.45) is 27.5. The minimum atomic E-state index is 0. The van der Waals surface area contributed by atoms with Crippen molar-refractivity contribution in [2.75, 3.05) is 0 Å². The second kappa shape index (κ2) is 17.4. The van der Waals surface area contributed by atoms with Crippen molar-refractivity contribution in [3.63, 3.8) is 0 Å². The van der Waals surface area contributed by atoms with Crippen LogP contribution >= 0.6 is 0 Å². The molecule has 2 nitrogen and oxygen atoms in total. The SMILES string of the molecule is CCCCCCCCCCCCCC[n+]1cccc(CCc2cccnc2)c1.[Cl-]. The van der Waals surface area contributed by atoms with Crippen LogP contribution in [0.4, 0.5) is 0 Å². The van der Waals surface area contributed by atoms with Gasteiger partial charge in [0.05, 0.1) is 0 Å². The molecule has 0 atom stereocenters. The molecule has 0 unspecified atom stereocenters. The van der Waals surface area contributed by atoms with Gasteiger partial charge in [0.1, 0.15) is 6.54 Å². The number of halogens is 1. The molecule has 0 bridgehead atoms. The molecule has 2 aromatic rings. The molecule has 0 N–H and O–H groups in total. The normalized spacial score (nSPS) is 10.7. The zero-order valence-corrected chi connectivity index (χ0v) is 19.3. The van der Waals surface area contributed by atoms with Crippen LogP contribution in [0, 0.1) is 0 Å². The van der Waals surface area contributed by atoms with E-state index in [1.165, 1.54) is 88.2 Å². The van der Waals surface area contributed by atoms with Gasteiger partial charge < -0.3 is 12.4 Å². The number of hydrogen-bond donors (Lipinski definition) is 0. The summed E-state index contributed by atoms with van der Waals surface area (Å²) in [5.41, 5.74) is 2.74. The fourth-order valence-corrected chi connectivity index (χ4v) is 3.83. The van der Waals surface area contributed by atoms with Crippen LogP contribution in [0.3, 0.4) is 0 Å². The van der Waals surface area contributed by atoms with Gasteiger partial charge in [0.25, 0.3) is 0 Å². The highest BCUT2D eigenvalue weighted by molar-refractivity contribution is 5.13. The maximum Gasteiger partial charge on any atom is 0.171 e. The minimum absolute atomic E-state index is 0. The van der Waals surface area contributed by atoms with Crippen LogP contribution in [0.15, 0.2) is 49.1 Å². The molecule has 2 rings (SSSR count). The second-order valence-electron chi connectivity index (χ2n) is 8.20. The predicted octanol–water partition coefficient (Wildman–Crippen LogP) is 3.86. The third kappa shape index (κ3) is 12.7. The summed E-state index contributed by atoms with van der Waals surface area (Å²) >= 11 is 0. The van der Waals surface area contributed by atoms with Crippen molar-refractivity contribution in [2.24, 2.45) is 0 Å². The minimum Gasteiger partial charge on any atom is -1.00 e. The Bertz CT molecular complexity index is 615. The van der Waals surface area contributed by atoms with E-state index in [-0.39, 0.29) is 12.4 Å². The van der Waals surface area contributed by atoms with E-state index in [0.717, 1.165) is 19.4 Å². The quantitative estimate of drug-likeness (QED) is 0.300. The van der Waals surface area contributed by atoms with Gasteiger partial charge in [0.15, 0.2) is 12.4 Å². The van der Waals surface area contributed by atoms with E-state index in [9.17, 15) is 0 Å². The molecule has 0 spiro atoms. The molecule has 0 aliphatic rings. The summed E-state index contributed by atoms with van der Waals surface area (Å²) < 4.78 is 2.37. The van der Waals surface area contributed by atoms with Crippen molar-refractivity contribution >= 4 is 0 Å². The largest absolute Gasteiger partial charge is 1.00 e. The van der Waals surface area contributed by atoms with Crippen LogP contribution in [0.25, 0.3) is 0 Å². The first-order valence-corrected chi connectivity index (χ1v) is 11.8. The summed E-state index contributed by atoms with van der Waals surface area (Å²) in [5.74, 6) is 0. The average molecular weight is 417 g/mol. The van der Waals surface area contributed by atoms with Crippen LogP contribution in [0.2, 0.25) is 0 Å². The van der Waals surface area contributed by atoms with E-state index in [4.69, 9.17) is 0 Å². The van der Waals surface area contributed by atoms with Gasteiger partial charge in [0, 0.05) is 30.4 Å². The molecule has 0 fully saturated rings. The fourth-order valence-electron chi connectivity index (χ4n) is 3.83. The third-order valence-corrected chi connectivity index (χ3v) is 5.61. The van der Waals surface area contributed by atoms with Gasteiger partial charge in [-0.1, -0.05) is 77.2 Å². The smallest absolute Gasteiger partial charge is 0.171 e. The number of nitrogens with zero attached hydrogens (tertiary/aromatic N) is 2. The highest BCUT2D eigenvalue weighted by atomic mass is 35.5. The Morgan fingerprint density at radius 1 is 0.724 bits per heavy atom. The molecule has 0 aliphatic carbocycles. The van der Waals surface area contributed by atoms with Crippen LogP contribution in [-0.4, -0.2) is 4.98 Å². The molecule has 0 aliphatic heterocycles. The van der Waals surface area contributed by atoms with Crippen molar-refractivity contribution in [1.29, 1.82) is 0 Å². The Morgan fingerprint density at radius 2 is 1.31 bits per heavy atom. The molecule has 29 heavy (non-hydrogen) atoms. The summed E-state index contributed by atoms with van der Waals surface area (Å²) in [5, 5.41) is 0. The molecule has 2 aromatic heterocycles. The Kier molecular flexibility index (Phi) is 15.4. The lowest BCUT2D eigenvalue weighted by atomic mass is 10.1. The topological polar surface area (TPSA) is 16.8 Å². The van der Waals surface area contributed by atoms with Crippen molar-refractivity contribution in [3.05, 3.63) is 60.2 Å². The van der Waals surface area contributed by atoms with Crippen LogP contribution in [0.1, 0.15) is 95.1 Å². The maximum absolute atomic E-state index is 4.21. The predicted molar refractivity (Wildman–Crippen MR) is 119 cm³/mol. The van der Waals surface area contributed by atoms with Crippen LogP contribution in [-0.2, 0) is 19.4 Å². The Balaban J connectivity index is 0.00000420. The van der Waals surface area contributed by atoms with Gasteiger partial charge in [-0.15, -0.1) is 0 Å². The lowest BCUT2D eigenvalue weighted by molar-refractivity contribution is -0.697. The molecule has 0 saturated heterocycles. The first-order valence-electron chi connectivity index (χ1n) is 11.8. The molecule has 3 heteroatoms. The highest BCUT2D eigenvalue weighted by Crippen LogP contribution is 2.12. The summed E-state index contributed by atoms with van der Waals surface area (Å²) in [6.45, 7) is 3.44. The zero-order valence-electron chi connectivity index (χ0n) is 18.5. The average Bonchev–Trinajstić information content (AvgIpc) is 2.74. The number of pyridine rings is 2. The molecule has 0 aromatic carbocycles. The highest BCUT2D eigenvalue weighted by Gasteiger charge is 2.04. The van der Waals surface area contributed by atoms with E-state index in [2.05, 4.69) is 47.1 Å². The third-order valence-electron chi connectivity index (χ3n) is 5.61. The van der Waals surface area contributed by atoms with Gasteiger partial charge in [-0.2, -0.15) is 0 Å². The number of aryl methyl sites for hydroxylation is 3. The van der Waals surface area contributed by atoms with Gasteiger partial charge in [-0.05, 0) is 37.0 Å². The summed E-state index contributed by atoms with van der Waals surface area (Å²) in [7, 11) is 0.